The number of thiazole rings is 1. The van der Waals surface area contributed by atoms with Crippen LogP contribution in [0.4, 0.5) is 0 Å². The van der Waals surface area contributed by atoms with Crippen LogP contribution in [-0.2, 0) is 17.6 Å². The number of hydrogen-bond donors (Lipinski definition) is 1. The van der Waals surface area contributed by atoms with Gasteiger partial charge in [0.25, 0.3) is 0 Å². The van der Waals surface area contributed by atoms with Gasteiger partial charge in [-0.05, 0) is 18.9 Å². The molecule has 0 saturated heterocycles. The molecule has 1 heterocycles. The molecule has 0 saturated carbocycles. The van der Waals surface area contributed by atoms with E-state index in [1.165, 1.54) is 16.9 Å². The van der Waals surface area contributed by atoms with Crippen molar-refractivity contribution in [3.63, 3.8) is 0 Å². The van der Waals surface area contributed by atoms with E-state index in [9.17, 15) is 9.90 Å². The Bertz CT molecular complexity index is 809. The third-order valence-corrected chi connectivity index (χ3v) is 4.87. The maximum absolute atomic E-state index is 11.6. The second kappa shape index (κ2) is 7.41. The fourth-order valence-electron chi connectivity index (χ4n) is 2.62. The van der Waals surface area contributed by atoms with E-state index in [-0.39, 0.29) is 0 Å². The van der Waals surface area contributed by atoms with E-state index in [1.807, 2.05) is 47.8 Å². The minimum absolute atomic E-state index is 0.454. The van der Waals surface area contributed by atoms with E-state index in [4.69, 9.17) is 0 Å². The van der Waals surface area contributed by atoms with Crippen molar-refractivity contribution >= 4 is 17.3 Å². The number of carboxylic acids is 1. The topological polar surface area (TPSA) is 50.2 Å². The zero-order chi connectivity index (χ0) is 16.9. The van der Waals surface area contributed by atoms with Crippen molar-refractivity contribution < 1.29 is 9.90 Å². The summed E-state index contributed by atoms with van der Waals surface area (Å²) in [6.07, 6.45) is 0.983. The van der Waals surface area contributed by atoms with Crippen LogP contribution in [0, 0.1) is 12.8 Å². The van der Waals surface area contributed by atoms with Crippen molar-refractivity contribution in [2.75, 3.05) is 0 Å². The number of hydrogen-bond acceptors (Lipinski definition) is 3. The van der Waals surface area contributed by atoms with Gasteiger partial charge in [0.15, 0.2) is 0 Å². The zero-order valence-corrected chi connectivity index (χ0v) is 14.3. The van der Waals surface area contributed by atoms with Crippen molar-refractivity contribution in [2.45, 2.75) is 19.8 Å². The Morgan fingerprint density at radius 2 is 1.79 bits per heavy atom. The summed E-state index contributed by atoms with van der Waals surface area (Å²) in [5.74, 6) is -1.23. The largest absolute Gasteiger partial charge is 0.481 e. The summed E-state index contributed by atoms with van der Waals surface area (Å²) in [4.78, 5) is 16.2. The summed E-state index contributed by atoms with van der Waals surface area (Å²) in [7, 11) is 0. The molecular formula is C20H19NO2S. The van der Waals surface area contributed by atoms with E-state index < -0.39 is 11.9 Å². The Balaban J connectivity index is 1.74. The second-order valence-electron chi connectivity index (χ2n) is 5.92. The lowest BCUT2D eigenvalue weighted by Crippen LogP contribution is -2.19. The van der Waals surface area contributed by atoms with Crippen LogP contribution < -0.4 is 0 Å². The molecule has 0 aliphatic carbocycles. The first-order chi connectivity index (χ1) is 11.6. The third kappa shape index (κ3) is 4.09. The molecule has 0 aliphatic heterocycles. The van der Waals surface area contributed by atoms with Crippen LogP contribution >= 0.6 is 11.3 Å². The van der Waals surface area contributed by atoms with Gasteiger partial charge in [-0.25, -0.2) is 4.98 Å². The molecule has 2 aromatic carbocycles. The predicted octanol–water partition coefficient (Wildman–Crippen LogP) is 4.60. The van der Waals surface area contributed by atoms with Crippen LogP contribution in [-0.4, -0.2) is 16.1 Å². The molecule has 0 amide bonds. The minimum atomic E-state index is -0.772. The summed E-state index contributed by atoms with van der Waals surface area (Å²) in [6.45, 7) is 2.05. The Morgan fingerprint density at radius 3 is 2.46 bits per heavy atom. The Labute approximate surface area is 145 Å². The first kappa shape index (κ1) is 16.4. The number of benzene rings is 2. The van der Waals surface area contributed by atoms with E-state index in [0.29, 0.717) is 12.8 Å². The number of carbonyl (C=O) groups is 1. The van der Waals surface area contributed by atoms with Gasteiger partial charge in [-0.1, -0.05) is 60.2 Å². The van der Waals surface area contributed by atoms with Crippen molar-refractivity contribution in [1.82, 2.24) is 4.98 Å². The summed E-state index contributed by atoms with van der Waals surface area (Å²) in [6, 6.07) is 18.0. The molecule has 0 fully saturated rings. The molecule has 0 radical (unpaired) electrons. The van der Waals surface area contributed by atoms with Gasteiger partial charge in [-0.2, -0.15) is 0 Å². The number of aryl methyl sites for hydroxylation is 1. The van der Waals surface area contributed by atoms with Crippen molar-refractivity contribution in [2.24, 2.45) is 5.92 Å². The van der Waals surface area contributed by atoms with Gasteiger partial charge in [0, 0.05) is 17.4 Å². The quantitative estimate of drug-likeness (QED) is 0.715. The molecule has 1 atom stereocenters. The first-order valence-electron chi connectivity index (χ1n) is 7.90. The highest BCUT2D eigenvalue weighted by Gasteiger charge is 2.20. The molecule has 122 valence electrons. The Kier molecular flexibility index (Phi) is 5.06. The SMILES string of the molecule is Cc1ccc(-c2csc(CC(Cc3ccccc3)C(=O)O)n2)cc1. The lowest BCUT2D eigenvalue weighted by atomic mass is 9.96. The van der Waals surface area contributed by atoms with Gasteiger partial charge < -0.3 is 5.11 Å². The first-order valence-corrected chi connectivity index (χ1v) is 8.78. The lowest BCUT2D eigenvalue weighted by molar-refractivity contribution is -0.141. The molecule has 0 bridgehead atoms. The standard InChI is InChI=1S/C20H19NO2S/c1-14-7-9-16(10-8-14)18-13-24-19(21-18)12-17(20(22)23)11-15-5-3-2-4-6-15/h2-10,13,17H,11-12H2,1H3,(H,22,23). The Hall–Kier alpha value is -2.46. The van der Waals surface area contributed by atoms with Crippen LogP contribution in [0.3, 0.4) is 0 Å². The molecule has 3 aromatic rings. The molecule has 4 heteroatoms. The van der Waals surface area contributed by atoms with E-state index in [2.05, 4.69) is 24.0 Å². The number of nitrogens with zero attached hydrogens (tertiary/aromatic N) is 1. The van der Waals surface area contributed by atoms with Crippen LogP contribution in [0.15, 0.2) is 60.0 Å². The molecule has 1 unspecified atom stereocenters. The van der Waals surface area contributed by atoms with Crippen LogP contribution in [0.2, 0.25) is 0 Å². The summed E-state index contributed by atoms with van der Waals surface area (Å²) in [5.41, 5.74) is 4.24. The molecule has 0 aliphatic rings. The molecule has 3 rings (SSSR count). The van der Waals surface area contributed by atoms with E-state index >= 15 is 0 Å². The lowest BCUT2D eigenvalue weighted by Gasteiger charge is -2.10. The minimum Gasteiger partial charge on any atom is -0.481 e. The van der Waals surface area contributed by atoms with Crippen LogP contribution in [0.5, 0.6) is 0 Å². The van der Waals surface area contributed by atoms with E-state index in [0.717, 1.165) is 21.8 Å². The number of rotatable bonds is 6. The molecule has 1 aromatic heterocycles. The smallest absolute Gasteiger partial charge is 0.307 e. The third-order valence-electron chi connectivity index (χ3n) is 3.99. The van der Waals surface area contributed by atoms with Gasteiger partial charge in [0.1, 0.15) is 0 Å². The van der Waals surface area contributed by atoms with Gasteiger partial charge in [-0.3, -0.25) is 4.79 Å². The second-order valence-corrected chi connectivity index (χ2v) is 6.86. The number of carboxylic acid groups (broad SMARTS) is 1. The fourth-order valence-corrected chi connectivity index (χ4v) is 3.50. The summed E-state index contributed by atoms with van der Waals surface area (Å²) < 4.78 is 0. The Morgan fingerprint density at radius 1 is 1.08 bits per heavy atom. The van der Waals surface area contributed by atoms with Gasteiger partial charge in [0.05, 0.1) is 16.6 Å². The number of aromatic nitrogens is 1. The zero-order valence-electron chi connectivity index (χ0n) is 13.5. The molecule has 0 spiro atoms. The maximum Gasteiger partial charge on any atom is 0.307 e. The van der Waals surface area contributed by atoms with Crippen molar-refractivity contribution in [3.8, 4) is 11.3 Å². The average Bonchev–Trinajstić information content (AvgIpc) is 3.04. The highest BCUT2D eigenvalue weighted by molar-refractivity contribution is 7.09. The van der Waals surface area contributed by atoms with Crippen LogP contribution in [0.1, 0.15) is 16.1 Å². The molecule has 1 N–H and O–H groups in total. The summed E-state index contributed by atoms with van der Waals surface area (Å²) >= 11 is 1.53. The van der Waals surface area contributed by atoms with Gasteiger partial charge in [0.2, 0.25) is 0 Å². The molecule has 24 heavy (non-hydrogen) atoms. The normalized spacial score (nSPS) is 12.0. The predicted molar refractivity (Wildman–Crippen MR) is 97.3 cm³/mol. The fraction of sp³-hybridized carbons (Fsp3) is 0.200. The van der Waals surface area contributed by atoms with E-state index in [1.54, 1.807) is 0 Å². The molecule has 3 nitrogen and oxygen atoms in total. The highest BCUT2D eigenvalue weighted by Crippen LogP contribution is 2.25. The average molecular weight is 337 g/mol. The monoisotopic (exact) mass is 337 g/mol. The molecular weight excluding hydrogens is 318 g/mol. The number of aliphatic carboxylic acids is 1. The van der Waals surface area contributed by atoms with Crippen molar-refractivity contribution in [1.29, 1.82) is 0 Å². The highest BCUT2D eigenvalue weighted by atomic mass is 32.1. The van der Waals surface area contributed by atoms with Gasteiger partial charge >= 0.3 is 5.97 Å². The van der Waals surface area contributed by atoms with Gasteiger partial charge in [-0.15, -0.1) is 11.3 Å². The maximum atomic E-state index is 11.6. The van der Waals surface area contributed by atoms with Crippen molar-refractivity contribution in [3.05, 3.63) is 76.1 Å². The van der Waals surface area contributed by atoms with Crippen LogP contribution in [0.25, 0.3) is 11.3 Å². The summed E-state index contributed by atoms with van der Waals surface area (Å²) in [5, 5.41) is 12.4.